The van der Waals surface area contributed by atoms with Crippen LogP contribution >= 0.6 is 0 Å². The summed E-state index contributed by atoms with van der Waals surface area (Å²) in [4.78, 5) is 21.2. The first kappa shape index (κ1) is 13.4. The molecule has 0 aromatic heterocycles. The van der Waals surface area contributed by atoms with Gasteiger partial charge in [-0.05, 0) is 18.6 Å². The molecule has 0 atom stereocenters. The van der Waals surface area contributed by atoms with Crippen molar-refractivity contribution in [1.29, 1.82) is 0 Å². The number of nitro benzene ring substituents is 1. The van der Waals surface area contributed by atoms with Crippen molar-refractivity contribution in [2.75, 3.05) is 13.2 Å². The molecule has 0 aliphatic carbocycles. The molecule has 19 heavy (non-hydrogen) atoms. The van der Waals surface area contributed by atoms with Gasteiger partial charge in [0.2, 0.25) is 5.75 Å². The van der Waals surface area contributed by atoms with Gasteiger partial charge in [-0.15, -0.1) is 0 Å². The molecular formula is C12H13NO6. The fraction of sp³-hybridized carbons (Fsp3) is 0.417. The fourth-order valence-corrected chi connectivity index (χ4v) is 1.75. The first-order valence-electron chi connectivity index (χ1n) is 5.78. The van der Waals surface area contributed by atoms with Crippen LogP contribution in [-0.2, 0) is 14.3 Å². The van der Waals surface area contributed by atoms with E-state index in [1.54, 1.807) is 6.07 Å². The van der Waals surface area contributed by atoms with Crippen LogP contribution in [0.4, 0.5) is 5.69 Å². The standard InChI is InChI=1S/C12H13NO6/c1-8(14)19-11-4-3-9(7-10(11)13(15)16)12-17-5-2-6-18-12/h3-4,7,12H,2,5-6H2,1H3. The molecule has 0 N–H and O–H groups in total. The van der Waals surface area contributed by atoms with Gasteiger partial charge >= 0.3 is 11.7 Å². The Morgan fingerprint density at radius 2 is 2.11 bits per heavy atom. The number of hydrogen-bond donors (Lipinski definition) is 0. The van der Waals surface area contributed by atoms with E-state index in [1.165, 1.54) is 19.1 Å². The second-order valence-electron chi connectivity index (χ2n) is 4.00. The molecule has 7 nitrogen and oxygen atoms in total. The van der Waals surface area contributed by atoms with E-state index in [-0.39, 0.29) is 11.4 Å². The van der Waals surface area contributed by atoms with Gasteiger partial charge in [0.25, 0.3) is 0 Å². The smallest absolute Gasteiger partial charge is 0.312 e. The molecular weight excluding hydrogens is 254 g/mol. The maximum absolute atomic E-state index is 11.0. The Bertz CT molecular complexity index is 495. The summed E-state index contributed by atoms with van der Waals surface area (Å²) in [5.74, 6) is -0.696. The molecule has 1 aliphatic rings. The van der Waals surface area contributed by atoms with Gasteiger partial charge in [-0.25, -0.2) is 0 Å². The molecule has 1 heterocycles. The number of esters is 1. The van der Waals surface area contributed by atoms with Crippen LogP contribution in [0.15, 0.2) is 18.2 Å². The van der Waals surface area contributed by atoms with E-state index in [9.17, 15) is 14.9 Å². The van der Waals surface area contributed by atoms with Crippen molar-refractivity contribution in [3.8, 4) is 5.75 Å². The van der Waals surface area contributed by atoms with E-state index in [0.717, 1.165) is 6.42 Å². The molecule has 0 bridgehead atoms. The minimum atomic E-state index is -0.612. The van der Waals surface area contributed by atoms with Crippen LogP contribution in [-0.4, -0.2) is 24.1 Å². The van der Waals surface area contributed by atoms with Crippen LogP contribution in [0.3, 0.4) is 0 Å². The molecule has 102 valence electrons. The third-order valence-electron chi connectivity index (χ3n) is 2.53. The van der Waals surface area contributed by atoms with Gasteiger partial charge in [-0.1, -0.05) is 0 Å². The van der Waals surface area contributed by atoms with Gasteiger partial charge in [-0.2, -0.15) is 0 Å². The molecule has 0 radical (unpaired) electrons. The minimum Gasteiger partial charge on any atom is -0.419 e. The third kappa shape index (κ3) is 3.27. The van der Waals surface area contributed by atoms with E-state index < -0.39 is 17.2 Å². The van der Waals surface area contributed by atoms with Gasteiger partial charge in [0.05, 0.1) is 18.1 Å². The van der Waals surface area contributed by atoms with Gasteiger partial charge in [0.1, 0.15) is 0 Å². The Morgan fingerprint density at radius 3 is 2.68 bits per heavy atom. The van der Waals surface area contributed by atoms with Gasteiger partial charge in [0.15, 0.2) is 6.29 Å². The molecule has 1 aliphatic heterocycles. The second kappa shape index (κ2) is 5.77. The zero-order valence-electron chi connectivity index (χ0n) is 10.3. The van der Waals surface area contributed by atoms with Gasteiger partial charge in [0, 0.05) is 18.6 Å². The largest absolute Gasteiger partial charge is 0.419 e. The Labute approximate surface area is 109 Å². The van der Waals surface area contributed by atoms with E-state index in [4.69, 9.17) is 14.2 Å². The van der Waals surface area contributed by atoms with Crippen molar-refractivity contribution >= 4 is 11.7 Å². The quantitative estimate of drug-likeness (QED) is 0.360. The number of nitrogens with zero attached hydrogens (tertiary/aromatic N) is 1. The molecule has 1 fully saturated rings. The summed E-state index contributed by atoms with van der Waals surface area (Å²) in [5, 5.41) is 11.0. The molecule has 1 aromatic carbocycles. The highest BCUT2D eigenvalue weighted by Crippen LogP contribution is 2.32. The number of benzene rings is 1. The van der Waals surface area contributed by atoms with E-state index in [1.807, 2.05) is 0 Å². The molecule has 7 heteroatoms. The summed E-state index contributed by atoms with van der Waals surface area (Å²) in [6, 6.07) is 4.26. The third-order valence-corrected chi connectivity index (χ3v) is 2.53. The van der Waals surface area contributed by atoms with Crippen molar-refractivity contribution in [1.82, 2.24) is 0 Å². The van der Waals surface area contributed by atoms with Crippen molar-refractivity contribution in [2.45, 2.75) is 19.6 Å². The summed E-state index contributed by atoms with van der Waals surface area (Å²) in [6.45, 7) is 2.28. The first-order valence-corrected chi connectivity index (χ1v) is 5.78. The summed E-state index contributed by atoms with van der Waals surface area (Å²) in [6.07, 6.45) is 0.184. The maximum atomic E-state index is 11.0. The van der Waals surface area contributed by atoms with Gasteiger partial charge < -0.3 is 14.2 Å². The predicted octanol–water partition coefficient (Wildman–Crippen LogP) is 1.96. The van der Waals surface area contributed by atoms with Crippen LogP contribution in [0.25, 0.3) is 0 Å². The van der Waals surface area contributed by atoms with E-state index in [0.29, 0.717) is 18.8 Å². The Kier molecular flexibility index (Phi) is 4.08. The van der Waals surface area contributed by atoms with E-state index >= 15 is 0 Å². The average Bonchev–Trinajstić information content (AvgIpc) is 2.39. The van der Waals surface area contributed by atoms with Crippen LogP contribution in [0.5, 0.6) is 5.75 Å². The van der Waals surface area contributed by atoms with Crippen molar-refractivity contribution in [3.63, 3.8) is 0 Å². The summed E-state index contributed by atoms with van der Waals surface area (Å²) < 4.78 is 15.5. The minimum absolute atomic E-state index is 0.0861. The van der Waals surface area contributed by atoms with E-state index in [2.05, 4.69) is 0 Å². The number of carbonyl (C=O) groups excluding carboxylic acids is 1. The molecule has 1 saturated heterocycles. The van der Waals surface area contributed by atoms with Gasteiger partial charge in [-0.3, -0.25) is 14.9 Å². The first-order chi connectivity index (χ1) is 9.08. The maximum Gasteiger partial charge on any atom is 0.312 e. The summed E-state index contributed by atoms with van der Waals surface area (Å²) in [5.41, 5.74) is 0.243. The monoisotopic (exact) mass is 267 g/mol. The molecule has 0 saturated carbocycles. The number of ether oxygens (including phenoxy) is 3. The molecule has 0 amide bonds. The lowest BCUT2D eigenvalue weighted by molar-refractivity contribution is -0.385. The Hall–Kier alpha value is -1.99. The zero-order chi connectivity index (χ0) is 13.8. The normalized spacial score (nSPS) is 16.1. The average molecular weight is 267 g/mol. The molecule has 2 rings (SSSR count). The Balaban J connectivity index is 2.29. The zero-order valence-corrected chi connectivity index (χ0v) is 10.3. The highest BCUT2D eigenvalue weighted by Gasteiger charge is 2.23. The highest BCUT2D eigenvalue weighted by molar-refractivity contribution is 5.71. The Morgan fingerprint density at radius 1 is 1.42 bits per heavy atom. The summed E-state index contributed by atoms with van der Waals surface area (Å²) in [7, 11) is 0. The van der Waals surface area contributed by atoms with Crippen LogP contribution in [0.2, 0.25) is 0 Å². The lowest BCUT2D eigenvalue weighted by atomic mass is 10.1. The van der Waals surface area contributed by atoms with Crippen LogP contribution in [0.1, 0.15) is 25.2 Å². The number of nitro groups is 1. The van der Waals surface area contributed by atoms with Crippen LogP contribution < -0.4 is 4.74 Å². The molecule has 1 aromatic rings. The lowest BCUT2D eigenvalue weighted by Gasteiger charge is -2.23. The highest BCUT2D eigenvalue weighted by atomic mass is 16.7. The number of rotatable bonds is 3. The number of carbonyl (C=O) groups is 1. The van der Waals surface area contributed by atoms with Crippen molar-refractivity contribution < 1.29 is 23.9 Å². The summed E-state index contributed by atoms with van der Waals surface area (Å²) >= 11 is 0. The van der Waals surface area contributed by atoms with Crippen molar-refractivity contribution in [3.05, 3.63) is 33.9 Å². The topological polar surface area (TPSA) is 87.9 Å². The van der Waals surface area contributed by atoms with Crippen molar-refractivity contribution in [2.24, 2.45) is 0 Å². The predicted molar refractivity (Wildman–Crippen MR) is 63.7 cm³/mol. The van der Waals surface area contributed by atoms with Crippen LogP contribution in [0, 0.1) is 10.1 Å². The SMILES string of the molecule is CC(=O)Oc1ccc(C2OCCCO2)cc1[N+](=O)[O-]. The lowest BCUT2D eigenvalue weighted by Crippen LogP contribution is -2.18. The fourth-order valence-electron chi connectivity index (χ4n) is 1.75. The second-order valence-corrected chi connectivity index (χ2v) is 4.00. The number of hydrogen-bond acceptors (Lipinski definition) is 6. The molecule has 0 spiro atoms. The molecule has 0 unspecified atom stereocenters.